The molecule has 0 spiro atoms. The van der Waals surface area contributed by atoms with Crippen LogP contribution in [0.25, 0.3) is 0 Å². The highest BCUT2D eigenvalue weighted by Gasteiger charge is 2.36. The number of hydrogen-bond acceptors (Lipinski definition) is 8. The lowest BCUT2D eigenvalue weighted by molar-refractivity contribution is 0.113. The number of nitrogens with two attached hydrogens (primary N) is 1. The first kappa shape index (κ1) is 29.4. The molecule has 1 aliphatic heterocycles. The molecule has 0 aromatic carbocycles. The second-order valence-electron chi connectivity index (χ2n) is 6.82. The van der Waals surface area contributed by atoms with Gasteiger partial charge in [-0.2, -0.15) is 0 Å². The van der Waals surface area contributed by atoms with Crippen LogP contribution in [0.15, 0.2) is 0 Å². The fourth-order valence-corrected chi connectivity index (χ4v) is 6.85. The summed E-state index contributed by atoms with van der Waals surface area (Å²) >= 11 is 0. The molecule has 1 unspecified atom stereocenters. The van der Waals surface area contributed by atoms with Gasteiger partial charge in [-0.15, -0.1) is 0 Å². The predicted molar refractivity (Wildman–Crippen MR) is 119 cm³/mol. The van der Waals surface area contributed by atoms with Crippen LogP contribution in [-0.2, 0) is 31.6 Å². The number of nitrogens with one attached hydrogen (secondary N) is 1. The number of carbonyl (C=O) groups excluding carboxylic acids is 1. The van der Waals surface area contributed by atoms with Crippen LogP contribution in [0.1, 0.15) is 26.7 Å². The summed E-state index contributed by atoms with van der Waals surface area (Å²) in [5.41, 5.74) is 4.91. The second kappa shape index (κ2) is 17.0. The van der Waals surface area contributed by atoms with Crippen molar-refractivity contribution in [3.63, 3.8) is 0 Å². The quantitative estimate of drug-likeness (QED) is 0.188. The first-order chi connectivity index (χ1) is 14.3. The van der Waals surface area contributed by atoms with Crippen molar-refractivity contribution in [1.82, 2.24) is 5.32 Å². The average Bonchev–Trinajstić information content (AvgIpc) is 3.54. The van der Waals surface area contributed by atoms with Gasteiger partial charge in [-0.3, -0.25) is 0 Å². The molecule has 0 aliphatic carbocycles. The van der Waals surface area contributed by atoms with E-state index in [2.05, 4.69) is 11.9 Å². The minimum absolute atomic E-state index is 0.363. The molecule has 2 amide bonds. The molecule has 0 saturated carbocycles. The fourth-order valence-electron chi connectivity index (χ4n) is 2.74. The topological polar surface area (TPSA) is 123 Å². The summed E-state index contributed by atoms with van der Waals surface area (Å²) in [6.45, 7) is 10.5. The van der Waals surface area contributed by atoms with E-state index in [1.807, 2.05) is 13.8 Å². The van der Waals surface area contributed by atoms with E-state index in [9.17, 15) is 4.79 Å². The molecule has 1 aliphatic rings. The van der Waals surface area contributed by atoms with Crippen molar-refractivity contribution >= 4 is 23.4 Å². The Hall–Kier alpha value is -0.576. The number of rotatable bonds is 17. The third-order valence-corrected chi connectivity index (χ3v) is 10.3. The highest BCUT2D eigenvalue weighted by molar-refractivity contribution is 6.66. The zero-order chi connectivity index (χ0) is 22.9. The van der Waals surface area contributed by atoms with Crippen molar-refractivity contribution in [2.75, 3.05) is 60.9 Å². The smallest absolute Gasteiger partial charge is 0.395 e. The van der Waals surface area contributed by atoms with Gasteiger partial charge in [-0.25, -0.2) is 4.79 Å². The summed E-state index contributed by atoms with van der Waals surface area (Å²) in [5.74, 6) is 0. The molecule has 1 rings (SSSR count). The summed E-state index contributed by atoms with van der Waals surface area (Å²) in [7, 11) is 0.265. The number of ether oxygens (including phenoxy) is 2. The average molecular weight is 471 g/mol. The number of urea groups is 1. The lowest BCUT2D eigenvalue weighted by Crippen LogP contribution is -2.43. The van der Waals surface area contributed by atoms with Gasteiger partial charge in [0.25, 0.3) is 0 Å². The molecular formula is C18H42N2O8Si2. The van der Waals surface area contributed by atoms with Crippen molar-refractivity contribution < 1.29 is 36.4 Å². The van der Waals surface area contributed by atoms with Crippen molar-refractivity contribution in [2.45, 2.75) is 51.4 Å². The number of primary amides is 1. The molecule has 180 valence electrons. The Kier molecular flexibility index (Phi) is 16.7. The standard InChI is InChI=1S/C11H24O4Si.C7H18N2O4Si/c1-4-14-16(3,15-5-2)8-6-7-12-9-11-10-13-11;1-11-14(12-2,13-3)6-4-5-9-7(8)10/h11H,4-10H2,1-3H3;4-6H2,1-3H3,(H3,8,9,10). The van der Waals surface area contributed by atoms with Gasteiger partial charge in [-0.05, 0) is 39.3 Å². The van der Waals surface area contributed by atoms with Gasteiger partial charge in [0.2, 0.25) is 0 Å². The van der Waals surface area contributed by atoms with E-state index >= 15 is 0 Å². The zero-order valence-corrected chi connectivity index (χ0v) is 21.5. The fraction of sp³-hybridized carbons (Fsp3) is 0.944. The Morgan fingerprint density at radius 3 is 2.07 bits per heavy atom. The third-order valence-electron chi connectivity index (χ3n) is 4.42. The van der Waals surface area contributed by atoms with E-state index in [0.29, 0.717) is 25.1 Å². The van der Waals surface area contributed by atoms with E-state index in [1.165, 1.54) is 0 Å². The molecule has 3 N–H and O–H groups in total. The zero-order valence-electron chi connectivity index (χ0n) is 19.5. The third kappa shape index (κ3) is 14.4. The summed E-state index contributed by atoms with van der Waals surface area (Å²) in [4.78, 5) is 10.4. The minimum atomic E-state index is -2.48. The lowest BCUT2D eigenvalue weighted by atomic mass is 10.5. The highest BCUT2D eigenvalue weighted by atomic mass is 28.4. The number of epoxide rings is 1. The van der Waals surface area contributed by atoms with Crippen LogP contribution in [0.4, 0.5) is 4.79 Å². The van der Waals surface area contributed by atoms with Crippen LogP contribution in [0.2, 0.25) is 18.6 Å². The SMILES string of the molecule is CCO[Si](C)(CCCOCC1CO1)OCC.CO[Si](CCCNC(N)=O)(OC)OC. The first-order valence-electron chi connectivity index (χ1n) is 10.5. The minimum Gasteiger partial charge on any atom is -0.395 e. The molecule has 10 nitrogen and oxygen atoms in total. The second-order valence-corrected chi connectivity index (χ2v) is 13.3. The number of amides is 2. The van der Waals surface area contributed by atoms with Crippen LogP contribution in [0, 0.1) is 0 Å². The van der Waals surface area contributed by atoms with Crippen molar-refractivity contribution in [3.05, 3.63) is 0 Å². The van der Waals surface area contributed by atoms with Gasteiger partial charge >= 0.3 is 23.4 Å². The largest absolute Gasteiger partial charge is 0.500 e. The first-order valence-corrected chi connectivity index (χ1v) is 14.9. The Bertz CT molecular complexity index is 426. The van der Waals surface area contributed by atoms with Crippen LogP contribution in [-0.4, -0.2) is 90.4 Å². The van der Waals surface area contributed by atoms with E-state index in [1.54, 1.807) is 21.3 Å². The van der Waals surface area contributed by atoms with Gasteiger partial charge in [0, 0.05) is 53.7 Å². The Morgan fingerprint density at radius 1 is 1.07 bits per heavy atom. The Morgan fingerprint density at radius 2 is 1.63 bits per heavy atom. The lowest BCUT2D eigenvalue weighted by Gasteiger charge is -2.25. The predicted octanol–water partition coefficient (Wildman–Crippen LogP) is 1.86. The van der Waals surface area contributed by atoms with Crippen LogP contribution >= 0.6 is 0 Å². The molecule has 0 aromatic rings. The summed E-state index contributed by atoms with van der Waals surface area (Å²) in [5, 5.41) is 2.48. The molecule has 1 saturated heterocycles. The maximum atomic E-state index is 10.4. The van der Waals surface area contributed by atoms with Crippen molar-refractivity contribution in [1.29, 1.82) is 0 Å². The molecule has 30 heavy (non-hydrogen) atoms. The summed E-state index contributed by atoms with van der Waals surface area (Å²) in [6.07, 6.45) is 2.09. The molecule has 1 atom stereocenters. The molecule has 0 radical (unpaired) electrons. The van der Waals surface area contributed by atoms with Crippen molar-refractivity contribution in [2.24, 2.45) is 5.73 Å². The van der Waals surface area contributed by atoms with E-state index in [0.717, 1.165) is 45.5 Å². The van der Waals surface area contributed by atoms with E-state index in [-0.39, 0.29) is 0 Å². The molecule has 0 bridgehead atoms. The highest BCUT2D eigenvalue weighted by Crippen LogP contribution is 2.16. The maximum absolute atomic E-state index is 10.4. The molecule has 12 heteroatoms. The Labute approximate surface area is 183 Å². The Balaban J connectivity index is 0.000000567. The van der Waals surface area contributed by atoms with Crippen LogP contribution < -0.4 is 11.1 Å². The van der Waals surface area contributed by atoms with Gasteiger partial charge in [0.15, 0.2) is 0 Å². The normalized spacial score (nSPS) is 16.0. The van der Waals surface area contributed by atoms with Gasteiger partial charge in [-0.1, -0.05) is 0 Å². The van der Waals surface area contributed by atoms with Gasteiger partial charge < -0.3 is 42.7 Å². The van der Waals surface area contributed by atoms with Gasteiger partial charge in [0.05, 0.1) is 13.2 Å². The summed E-state index contributed by atoms with van der Waals surface area (Å²) < 4.78 is 37.6. The number of hydrogen-bond donors (Lipinski definition) is 2. The summed E-state index contributed by atoms with van der Waals surface area (Å²) in [6, 6.07) is 1.13. The van der Waals surface area contributed by atoms with Crippen LogP contribution in [0.5, 0.6) is 0 Å². The number of carbonyl (C=O) groups is 1. The van der Waals surface area contributed by atoms with Gasteiger partial charge in [0.1, 0.15) is 6.10 Å². The molecule has 1 fully saturated rings. The van der Waals surface area contributed by atoms with E-state index in [4.69, 9.17) is 37.3 Å². The maximum Gasteiger partial charge on any atom is 0.500 e. The molecule has 0 aromatic heterocycles. The van der Waals surface area contributed by atoms with E-state index < -0.39 is 23.4 Å². The van der Waals surface area contributed by atoms with Crippen LogP contribution in [0.3, 0.4) is 0 Å². The van der Waals surface area contributed by atoms with Crippen molar-refractivity contribution in [3.8, 4) is 0 Å². The molecular weight excluding hydrogens is 428 g/mol. The monoisotopic (exact) mass is 470 g/mol. The molecule has 1 heterocycles.